The second-order valence-electron chi connectivity index (χ2n) is 5.82. The number of aromatic nitrogens is 2. The Hall–Kier alpha value is -2.95. The summed E-state index contributed by atoms with van der Waals surface area (Å²) in [6.45, 7) is 1.74. The van der Waals surface area contributed by atoms with Crippen LogP contribution in [0.5, 0.6) is 5.75 Å². The summed E-state index contributed by atoms with van der Waals surface area (Å²) in [6.07, 6.45) is 1.38. The van der Waals surface area contributed by atoms with Gasteiger partial charge >= 0.3 is 5.97 Å². The maximum absolute atomic E-state index is 12.8. The molecule has 27 heavy (non-hydrogen) atoms. The maximum atomic E-state index is 12.8. The van der Waals surface area contributed by atoms with Crippen molar-refractivity contribution >= 4 is 38.6 Å². The lowest BCUT2D eigenvalue weighted by molar-refractivity contribution is -0.128. The second-order valence-corrected chi connectivity index (χ2v) is 7.83. The fraction of sp³-hybridized carbons (Fsp3) is 0.375. The number of sulfonamides is 1. The second kappa shape index (κ2) is 6.99. The van der Waals surface area contributed by atoms with Gasteiger partial charge in [-0.1, -0.05) is 0 Å². The Morgan fingerprint density at radius 2 is 2.15 bits per heavy atom. The van der Waals surface area contributed by atoms with Crippen molar-refractivity contribution in [1.29, 1.82) is 0 Å². The van der Waals surface area contributed by atoms with Crippen molar-refractivity contribution in [3.05, 3.63) is 24.0 Å². The highest BCUT2D eigenvalue weighted by atomic mass is 32.2. The number of methoxy groups -OCH3 is 1. The molecule has 0 aliphatic carbocycles. The molecule has 0 radical (unpaired) electrons. The number of aromatic hydroxyl groups is 1. The smallest absolute Gasteiger partial charge is 0.360 e. The minimum atomic E-state index is -3.90. The van der Waals surface area contributed by atoms with Crippen molar-refractivity contribution in [2.75, 3.05) is 36.8 Å². The molecule has 1 amide bonds. The number of carbonyl (C=O) groups is 2. The molecule has 3 heterocycles. The summed E-state index contributed by atoms with van der Waals surface area (Å²) in [7, 11) is -2.79. The molecule has 0 atom stereocenters. The van der Waals surface area contributed by atoms with E-state index in [4.69, 9.17) is 0 Å². The van der Waals surface area contributed by atoms with Gasteiger partial charge in [-0.05, 0) is 19.1 Å². The van der Waals surface area contributed by atoms with Crippen LogP contribution < -0.4 is 4.31 Å². The fourth-order valence-corrected chi connectivity index (χ4v) is 4.24. The van der Waals surface area contributed by atoms with Crippen molar-refractivity contribution in [2.24, 2.45) is 0 Å². The number of hydrogen-bond acceptors (Lipinski definition) is 8. The number of likely N-dealkylation sites (N-methyl/N-ethyl adjacent to an activating group) is 1. The lowest BCUT2D eigenvalue weighted by Gasteiger charge is -2.22. The Morgan fingerprint density at radius 1 is 1.41 bits per heavy atom. The number of nitrogens with zero attached hydrogens (tertiary/aromatic N) is 4. The van der Waals surface area contributed by atoms with Crippen LogP contribution in [0, 0.1) is 0 Å². The summed E-state index contributed by atoms with van der Waals surface area (Å²) < 4.78 is 31.1. The number of pyridine rings is 2. The predicted molar refractivity (Wildman–Crippen MR) is 95.9 cm³/mol. The van der Waals surface area contributed by atoms with E-state index >= 15 is 0 Å². The summed E-state index contributed by atoms with van der Waals surface area (Å²) >= 11 is 0. The highest BCUT2D eigenvalue weighted by molar-refractivity contribution is 7.92. The first-order valence-corrected chi connectivity index (χ1v) is 9.75. The van der Waals surface area contributed by atoms with Crippen LogP contribution in [-0.2, 0) is 19.6 Å². The van der Waals surface area contributed by atoms with Gasteiger partial charge in [0.15, 0.2) is 17.3 Å². The molecule has 1 aliphatic rings. The predicted octanol–water partition coefficient (Wildman–Crippen LogP) is 0.120. The summed E-state index contributed by atoms with van der Waals surface area (Å²) in [5.41, 5.74) is -0.486. The topological polar surface area (TPSA) is 130 Å². The Bertz CT molecular complexity index is 1020. The van der Waals surface area contributed by atoms with Crippen LogP contribution in [-0.4, -0.2) is 72.8 Å². The number of fused-ring (bicyclic) bond motifs is 1. The molecule has 0 aromatic carbocycles. The molecular weight excluding hydrogens is 376 g/mol. The van der Waals surface area contributed by atoms with Crippen molar-refractivity contribution in [1.82, 2.24) is 14.9 Å². The molecule has 2 aromatic heterocycles. The van der Waals surface area contributed by atoms with Crippen molar-refractivity contribution in [2.45, 2.75) is 6.92 Å². The SMILES string of the molecule is CCN1CCS(=O)(=O)N(c2nc(C(=O)OC)c(O)c3ncccc23)CC1=O. The van der Waals surface area contributed by atoms with Gasteiger partial charge in [-0.15, -0.1) is 0 Å². The number of rotatable bonds is 3. The minimum Gasteiger partial charge on any atom is -0.504 e. The van der Waals surface area contributed by atoms with E-state index in [1.807, 2.05) is 0 Å². The molecule has 10 nitrogen and oxygen atoms in total. The lowest BCUT2D eigenvalue weighted by Crippen LogP contribution is -2.38. The zero-order chi connectivity index (χ0) is 19.8. The third-order valence-electron chi connectivity index (χ3n) is 4.30. The molecule has 1 fully saturated rings. The molecular formula is C16H18N4O6S. The standard InChI is InChI=1S/C16H18N4O6S/c1-3-19-7-8-27(24,25)20(9-11(19)21)15-10-5-4-6-17-12(10)14(22)13(18-15)16(23)26-2/h4-6,22H,3,7-9H2,1-2H3. The third-order valence-corrected chi connectivity index (χ3v) is 5.97. The molecule has 1 saturated heterocycles. The first kappa shape index (κ1) is 18.8. The number of carbonyl (C=O) groups excluding carboxylic acids is 2. The van der Waals surface area contributed by atoms with Crippen LogP contribution in [0.3, 0.4) is 0 Å². The third kappa shape index (κ3) is 3.25. The average Bonchev–Trinajstić information content (AvgIpc) is 2.77. The van der Waals surface area contributed by atoms with Gasteiger partial charge in [0.1, 0.15) is 12.1 Å². The maximum Gasteiger partial charge on any atom is 0.360 e. The fourth-order valence-electron chi connectivity index (χ4n) is 2.86. The average molecular weight is 394 g/mol. The minimum absolute atomic E-state index is 0.0119. The number of amides is 1. The van der Waals surface area contributed by atoms with Gasteiger partial charge in [-0.2, -0.15) is 0 Å². The van der Waals surface area contributed by atoms with Crippen molar-refractivity contribution in [3.8, 4) is 5.75 Å². The van der Waals surface area contributed by atoms with E-state index in [1.54, 1.807) is 6.92 Å². The van der Waals surface area contributed by atoms with Crippen LogP contribution in [0.2, 0.25) is 0 Å². The van der Waals surface area contributed by atoms with Gasteiger partial charge < -0.3 is 14.7 Å². The molecule has 2 aromatic rings. The van der Waals surface area contributed by atoms with E-state index in [0.29, 0.717) is 6.54 Å². The largest absolute Gasteiger partial charge is 0.504 e. The monoisotopic (exact) mass is 394 g/mol. The molecule has 1 N–H and O–H groups in total. The summed E-state index contributed by atoms with van der Waals surface area (Å²) in [5.74, 6) is -2.29. The number of esters is 1. The Balaban J connectivity index is 2.27. The van der Waals surface area contributed by atoms with E-state index in [1.165, 1.54) is 23.2 Å². The van der Waals surface area contributed by atoms with E-state index < -0.39 is 34.0 Å². The molecule has 0 unspecified atom stereocenters. The van der Waals surface area contributed by atoms with Crippen LogP contribution in [0.15, 0.2) is 18.3 Å². The van der Waals surface area contributed by atoms with Crippen LogP contribution in [0.25, 0.3) is 10.9 Å². The molecule has 11 heteroatoms. The Morgan fingerprint density at radius 3 is 2.81 bits per heavy atom. The normalized spacial score (nSPS) is 17.0. The Kier molecular flexibility index (Phi) is 4.87. The van der Waals surface area contributed by atoms with Crippen LogP contribution in [0.4, 0.5) is 5.82 Å². The van der Waals surface area contributed by atoms with Gasteiger partial charge in [0.2, 0.25) is 15.9 Å². The number of anilines is 1. The zero-order valence-electron chi connectivity index (χ0n) is 14.7. The van der Waals surface area contributed by atoms with Gasteiger partial charge in [-0.3, -0.25) is 9.78 Å². The van der Waals surface area contributed by atoms with Gasteiger partial charge in [-0.25, -0.2) is 22.5 Å². The van der Waals surface area contributed by atoms with Gasteiger partial charge in [0.25, 0.3) is 0 Å². The highest BCUT2D eigenvalue weighted by Gasteiger charge is 2.35. The Labute approximate surface area is 155 Å². The van der Waals surface area contributed by atoms with E-state index in [9.17, 15) is 23.1 Å². The molecule has 0 saturated carbocycles. The summed E-state index contributed by atoms with van der Waals surface area (Å²) in [5, 5.41) is 10.5. The van der Waals surface area contributed by atoms with Gasteiger partial charge in [0, 0.05) is 24.7 Å². The first-order chi connectivity index (χ1) is 12.8. The summed E-state index contributed by atoms with van der Waals surface area (Å²) in [4.78, 5) is 33.9. The van der Waals surface area contributed by atoms with Crippen molar-refractivity contribution < 1.29 is 27.9 Å². The lowest BCUT2D eigenvalue weighted by atomic mass is 10.2. The highest BCUT2D eigenvalue weighted by Crippen LogP contribution is 2.34. The molecule has 144 valence electrons. The van der Waals surface area contributed by atoms with Crippen LogP contribution in [0.1, 0.15) is 17.4 Å². The summed E-state index contributed by atoms with van der Waals surface area (Å²) in [6, 6.07) is 3.04. The van der Waals surface area contributed by atoms with Gasteiger partial charge in [0.05, 0.1) is 12.9 Å². The van der Waals surface area contributed by atoms with E-state index in [2.05, 4.69) is 14.7 Å². The van der Waals surface area contributed by atoms with Crippen molar-refractivity contribution in [3.63, 3.8) is 0 Å². The van der Waals surface area contributed by atoms with E-state index in [-0.39, 0.29) is 34.9 Å². The number of hydrogen-bond donors (Lipinski definition) is 1. The number of ether oxygens (including phenoxy) is 1. The first-order valence-electron chi connectivity index (χ1n) is 8.14. The zero-order valence-corrected chi connectivity index (χ0v) is 15.6. The molecule has 3 rings (SSSR count). The molecule has 1 aliphatic heterocycles. The molecule has 0 bridgehead atoms. The van der Waals surface area contributed by atoms with Crippen LogP contribution >= 0.6 is 0 Å². The quantitative estimate of drug-likeness (QED) is 0.727. The molecule has 0 spiro atoms. The van der Waals surface area contributed by atoms with E-state index in [0.717, 1.165) is 11.4 Å².